The van der Waals surface area contributed by atoms with Crippen LogP contribution in [-0.4, -0.2) is 11.0 Å². The first-order valence-corrected chi connectivity index (χ1v) is 9.16. The fraction of sp³-hybridized carbons (Fsp3) is 0.381. The van der Waals surface area contributed by atoms with Gasteiger partial charge in [0.15, 0.2) is 0 Å². The molecule has 144 valence electrons. The predicted octanol–water partition coefficient (Wildman–Crippen LogP) is 6.27. The summed E-state index contributed by atoms with van der Waals surface area (Å²) in [5.41, 5.74) is 1.15. The molecular formula is C21H23F3N2O. The lowest BCUT2D eigenvalue weighted by Gasteiger charge is -2.29. The molecule has 27 heavy (non-hydrogen) atoms. The van der Waals surface area contributed by atoms with Crippen LogP contribution in [0.1, 0.15) is 49.1 Å². The van der Waals surface area contributed by atoms with Gasteiger partial charge >= 0.3 is 6.18 Å². The van der Waals surface area contributed by atoms with Crippen molar-refractivity contribution >= 4 is 11.5 Å². The minimum absolute atomic E-state index is 0.387. The molecular weight excluding hydrogens is 353 g/mol. The molecule has 2 aromatic rings. The molecule has 0 heterocycles. The van der Waals surface area contributed by atoms with E-state index in [4.69, 9.17) is 0 Å². The highest BCUT2D eigenvalue weighted by atomic mass is 19.4. The van der Waals surface area contributed by atoms with Crippen molar-refractivity contribution in [1.29, 1.82) is 0 Å². The van der Waals surface area contributed by atoms with E-state index in [0.29, 0.717) is 29.8 Å². The van der Waals surface area contributed by atoms with E-state index in [-0.39, 0.29) is 0 Å². The second-order valence-corrected chi connectivity index (χ2v) is 7.08. The lowest BCUT2D eigenvalue weighted by Crippen LogP contribution is -2.21. The maximum absolute atomic E-state index is 12.6. The van der Waals surface area contributed by atoms with E-state index in [2.05, 4.69) is 34.7 Å². The Morgan fingerprint density at radius 2 is 1.59 bits per heavy atom. The summed E-state index contributed by atoms with van der Waals surface area (Å²) >= 11 is 0. The third-order valence-electron chi connectivity index (χ3n) is 5.22. The zero-order valence-electron chi connectivity index (χ0n) is 14.9. The molecule has 6 heteroatoms. The van der Waals surface area contributed by atoms with E-state index < -0.39 is 11.7 Å². The van der Waals surface area contributed by atoms with Crippen LogP contribution in [0, 0.1) is 5.92 Å². The van der Waals surface area contributed by atoms with Crippen molar-refractivity contribution in [3.63, 3.8) is 0 Å². The first-order valence-electron chi connectivity index (χ1n) is 9.16. The van der Waals surface area contributed by atoms with Gasteiger partial charge in [-0.1, -0.05) is 35.5 Å². The number of hydrogen-bond acceptors (Lipinski definition) is 2. The van der Waals surface area contributed by atoms with Crippen molar-refractivity contribution in [2.45, 2.75) is 44.2 Å². The molecule has 0 saturated heterocycles. The van der Waals surface area contributed by atoms with Gasteiger partial charge in [0, 0.05) is 12.1 Å². The summed E-state index contributed by atoms with van der Waals surface area (Å²) in [5, 5.41) is 15.5. The van der Waals surface area contributed by atoms with Crippen molar-refractivity contribution in [1.82, 2.24) is 0 Å². The lowest BCUT2D eigenvalue weighted by molar-refractivity contribution is -0.137. The molecule has 1 fully saturated rings. The fourth-order valence-corrected chi connectivity index (χ4v) is 3.72. The van der Waals surface area contributed by atoms with Crippen LogP contribution >= 0.6 is 0 Å². The third-order valence-corrected chi connectivity index (χ3v) is 5.22. The third kappa shape index (κ3) is 5.25. The van der Waals surface area contributed by atoms with Gasteiger partial charge in [0.1, 0.15) is 5.84 Å². The monoisotopic (exact) mass is 376 g/mol. The van der Waals surface area contributed by atoms with Crippen LogP contribution in [-0.2, 0) is 6.18 Å². The summed E-state index contributed by atoms with van der Waals surface area (Å²) < 4.78 is 37.9. The van der Waals surface area contributed by atoms with E-state index in [0.717, 1.165) is 37.8 Å². The SMILES string of the molecule is ON=C(C[C@H]1CC[C@@H](c2ccccc2)CC1)Nc1ccc(C(F)(F)F)cc1. The molecule has 0 amide bonds. The summed E-state index contributed by atoms with van der Waals surface area (Å²) in [5.74, 6) is 1.36. The number of halogens is 3. The van der Waals surface area contributed by atoms with Crippen LogP contribution in [0.4, 0.5) is 18.9 Å². The molecule has 2 aromatic carbocycles. The average molecular weight is 376 g/mol. The Balaban J connectivity index is 1.52. The second-order valence-electron chi connectivity index (χ2n) is 7.08. The molecule has 0 atom stereocenters. The summed E-state index contributed by atoms with van der Waals surface area (Å²) in [4.78, 5) is 0. The molecule has 1 aliphatic rings. The molecule has 0 aromatic heterocycles. The van der Waals surface area contributed by atoms with Gasteiger partial charge < -0.3 is 10.5 Å². The Bertz CT molecular complexity index is 749. The first kappa shape index (κ1) is 19.3. The highest BCUT2D eigenvalue weighted by Gasteiger charge is 2.30. The average Bonchev–Trinajstić information content (AvgIpc) is 2.68. The number of oxime groups is 1. The molecule has 3 rings (SSSR count). The fourth-order valence-electron chi connectivity index (χ4n) is 3.72. The Hall–Kier alpha value is -2.50. The highest BCUT2D eigenvalue weighted by molar-refractivity contribution is 5.95. The van der Waals surface area contributed by atoms with Crippen molar-refractivity contribution in [3.05, 3.63) is 65.7 Å². The number of alkyl halides is 3. The van der Waals surface area contributed by atoms with Gasteiger partial charge in [-0.25, -0.2) is 0 Å². The number of hydrogen-bond donors (Lipinski definition) is 2. The van der Waals surface area contributed by atoms with Gasteiger partial charge in [0.05, 0.1) is 5.56 Å². The summed E-state index contributed by atoms with van der Waals surface area (Å²) in [6.07, 6.45) is 0.477. The van der Waals surface area contributed by atoms with Gasteiger partial charge in [-0.15, -0.1) is 0 Å². The lowest BCUT2D eigenvalue weighted by atomic mass is 9.77. The largest absolute Gasteiger partial charge is 0.416 e. The van der Waals surface area contributed by atoms with Crippen molar-refractivity contribution in [3.8, 4) is 0 Å². The number of anilines is 1. The van der Waals surface area contributed by atoms with Crippen molar-refractivity contribution in [2.75, 3.05) is 5.32 Å². The number of rotatable bonds is 4. The van der Waals surface area contributed by atoms with Crippen LogP contribution in [0.25, 0.3) is 0 Å². The Labute approximate surface area is 156 Å². The quantitative estimate of drug-likeness (QED) is 0.286. The standard InChI is InChI=1S/C21H23F3N2O/c22-21(23,24)18-10-12-19(13-11-18)25-20(26-27)14-15-6-8-17(9-7-15)16-4-2-1-3-5-16/h1-5,10-13,15,17,27H,6-9,14H2,(H,25,26)/t15-,17+. The Morgan fingerprint density at radius 3 is 2.15 bits per heavy atom. The molecule has 1 aliphatic carbocycles. The van der Waals surface area contributed by atoms with E-state index in [9.17, 15) is 18.4 Å². The zero-order chi connectivity index (χ0) is 19.3. The van der Waals surface area contributed by atoms with Gasteiger partial charge in [-0.2, -0.15) is 13.2 Å². The van der Waals surface area contributed by atoms with Crippen LogP contribution in [0.3, 0.4) is 0 Å². The molecule has 0 bridgehead atoms. The second kappa shape index (κ2) is 8.46. The molecule has 0 spiro atoms. The Morgan fingerprint density at radius 1 is 0.963 bits per heavy atom. The number of nitrogens with zero attached hydrogens (tertiary/aromatic N) is 1. The molecule has 3 nitrogen and oxygen atoms in total. The normalized spacial score (nSPS) is 21.1. The van der Waals surface area contributed by atoms with E-state index in [1.54, 1.807) is 0 Å². The molecule has 1 saturated carbocycles. The van der Waals surface area contributed by atoms with Gasteiger partial charge in [-0.05, 0) is 67.3 Å². The minimum Gasteiger partial charge on any atom is -0.409 e. The summed E-state index contributed by atoms with van der Waals surface area (Å²) in [6.45, 7) is 0. The first-order chi connectivity index (χ1) is 13.0. The zero-order valence-corrected chi connectivity index (χ0v) is 14.9. The van der Waals surface area contributed by atoms with Gasteiger partial charge in [-0.3, -0.25) is 0 Å². The topological polar surface area (TPSA) is 44.6 Å². The number of amidine groups is 1. The molecule has 0 radical (unpaired) electrons. The van der Waals surface area contributed by atoms with Crippen LogP contribution in [0.15, 0.2) is 59.8 Å². The molecule has 0 aliphatic heterocycles. The van der Waals surface area contributed by atoms with Gasteiger partial charge in [0.2, 0.25) is 0 Å². The van der Waals surface area contributed by atoms with Crippen molar-refractivity contribution < 1.29 is 18.4 Å². The summed E-state index contributed by atoms with van der Waals surface area (Å²) in [7, 11) is 0. The highest BCUT2D eigenvalue weighted by Crippen LogP contribution is 2.37. The predicted molar refractivity (Wildman–Crippen MR) is 100 cm³/mol. The smallest absolute Gasteiger partial charge is 0.409 e. The van der Waals surface area contributed by atoms with Gasteiger partial charge in [0.25, 0.3) is 0 Å². The molecule has 2 N–H and O–H groups in total. The molecule has 0 unspecified atom stereocenters. The van der Waals surface area contributed by atoms with E-state index in [1.807, 2.05) is 6.07 Å². The summed E-state index contributed by atoms with van der Waals surface area (Å²) in [6, 6.07) is 15.2. The van der Waals surface area contributed by atoms with Crippen LogP contribution < -0.4 is 5.32 Å². The van der Waals surface area contributed by atoms with Crippen LogP contribution in [0.2, 0.25) is 0 Å². The maximum atomic E-state index is 12.6. The van der Waals surface area contributed by atoms with Crippen molar-refractivity contribution in [2.24, 2.45) is 11.1 Å². The van der Waals surface area contributed by atoms with E-state index >= 15 is 0 Å². The van der Waals surface area contributed by atoms with Crippen LogP contribution in [0.5, 0.6) is 0 Å². The maximum Gasteiger partial charge on any atom is 0.416 e. The number of nitrogens with one attached hydrogen (secondary N) is 1. The number of benzene rings is 2. The Kier molecular flexibility index (Phi) is 6.04. The van der Waals surface area contributed by atoms with E-state index in [1.165, 1.54) is 17.7 Å². The minimum atomic E-state index is -4.36.